The molecule has 168 valence electrons. The second kappa shape index (κ2) is 21.4. The highest BCUT2D eigenvalue weighted by Crippen LogP contribution is 2.16. The lowest BCUT2D eigenvalue weighted by Crippen LogP contribution is -2.01. The van der Waals surface area contributed by atoms with Crippen molar-refractivity contribution in [2.75, 3.05) is 6.67 Å². The number of halogens is 1. The first-order valence-corrected chi connectivity index (χ1v) is 10.0. The van der Waals surface area contributed by atoms with E-state index in [2.05, 4.69) is 30.3 Å². The van der Waals surface area contributed by atoms with Crippen molar-refractivity contribution >= 4 is 12.1 Å². The Hall–Kier alpha value is -3.34. The number of amides is 1. The standard InChI is InChI=1S/C18H25F.C7H8N2.CH3NO/c1-5-7-9-11-13-17(4)18(15-19)14-16(3)12-10-8-6-2;1-6(8)7-3-2-4-9-5-7;2-1-3/h6-14,18H,4-5,15H2,1-3H3;2-5,8H,1H3;1H,(H2,2,3)/b8-6-,9-7-,12-10-,13-11-,16-14-;;. The number of primary amides is 1. The van der Waals surface area contributed by atoms with Gasteiger partial charge in [0.2, 0.25) is 6.41 Å². The maximum absolute atomic E-state index is 13.0. The summed E-state index contributed by atoms with van der Waals surface area (Å²) < 4.78 is 13.0. The van der Waals surface area contributed by atoms with E-state index in [9.17, 15) is 4.39 Å². The van der Waals surface area contributed by atoms with Gasteiger partial charge in [-0.3, -0.25) is 14.2 Å². The SMILES string of the molecule is C=C(/C=C\C=C/CC)C(\C=C(C)/C=C\C=C/C)CF.CC(=N)c1cccnc1.NC=O. The third-order valence-electron chi connectivity index (χ3n) is 3.66. The molecule has 1 aromatic heterocycles. The largest absolute Gasteiger partial charge is 0.372 e. The zero-order chi connectivity index (χ0) is 23.9. The van der Waals surface area contributed by atoms with Gasteiger partial charge in [0.05, 0.1) is 6.67 Å². The highest BCUT2D eigenvalue weighted by Gasteiger charge is 2.06. The summed E-state index contributed by atoms with van der Waals surface area (Å²) in [5, 5.41) is 7.20. The second-order valence-electron chi connectivity index (χ2n) is 6.33. The molecule has 0 aliphatic rings. The smallest absolute Gasteiger partial charge is 0.204 e. The molecule has 1 heterocycles. The summed E-state index contributed by atoms with van der Waals surface area (Å²) in [6.45, 7) is 11.3. The monoisotopic (exact) mass is 425 g/mol. The Balaban J connectivity index is 0. The van der Waals surface area contributed by atoms with Crippen LogP contribution in [0.1, 0.15) is 39.7 Å². The molecular formula is C26H36FN3O. The van der Waals surface area contributed by atoms with Crippen molar-refractivity contribution in [1.29, 1.82) is 5.41 Å². The molecule has 31 heavy (non-hydrogen) atoms. The number of nitrogens with zero attached hydrogens (tertiary/aromatic N) is 1. The third-order valence-corrected chi connectivity index (χ3v) is 3.66. The minimum absolute atomic E-state index is 0.249. The molecular weight excluding hydrogens is 389 g/mol. The predicted octanol–water partition coefficient (Wildman–Crippen LogP) is 6.30. The van der Waals surface area contributed by atoms with E-state index < -0.39 is 6.67 Å². The molecule has 0 fully saturated rings. The highest BCUT2D eigenvalue weighted by molar-refractivity contribution is 5.95. The first-order valence-electron chi connectivity index (χ1n) is 10.0. The van der Waals surface area contributed by atoms with E-state index in [0.29, 0.717) is 5.71 Å². The van der Waals surface area contributed by atoms with Gasteiger partial charge in [-0.1, -0.05) is 79.8 Å². The van der Waals surface area contributed by atoms with Gasteiger partial charge in [-0.25, -0.2) is 0 Å². The molecule has 0 saturated heterocycles. The van der Waals surface area contributed by atoms with Gasteiger partial charge >= 0.3 is 0 Å². The molecule has 1 rings (SSSR count). The lowest BCUT2D eigenvalue weighted by Gasteiger charge is -2.09. The average Bonchev–Trinajstić information content (AvgIpc) is 2.76. The number of nitrogens with one attached hydrogen (secondary N) is 1. The second-order valence-corrected chi connectivity index (χ2v) is 6.33. The van der Waals surface area contributed by atoms with Crippen LogP contribution in [0.3, 0.4) is 0 Å². The first kappa shape index (κ1) is 29.9. The number of carbonyl (C=O) groups is 1. The normalized spacial score (nSPS) is 12.4. The van der Waals surface area contributed by atoms with Crippen LogP contribution in [0.25, 0.3) is 0 Å². The molecule has 5 heteroatoms. The summed E-state index contributed by atoms with van der Waals surface area (Å²) >= 11 is 0. The summed E-state index contributed by atoms with van der Waals surface area (Å²) in [6.07, 6.45) is 22.2. The summed E-state index contributed by atoms with van der Waals surface area (Å²) in [7, 11) is 0. The Kier molecular flexibility index (Phi) is 20.6. The van der Waals surface area contributed by atoms with Gasteiger partial charge < -0.3 is 11.1 Å². The summed E-state index contributed by atoms with van der Waals surface area (Å²) in [6, 6.07) is 3.70. The van der Waals surface area contributed by atoms with Crippen molar-refractivity contribution in [2.24, 2.45) is 11.7 Å². The first-order chi connectivity index (χ1) is 14.9. The Bertz CT molecular complexity index is 775. The molecule has 1 unspecified atom stereocenters. The lowest BCUT2D eigenvalue weighted by molar-refractivity contribution is -0.106. The zero-order valence-electron chi connectivity index (χ0n) is 19.1. The number of rotatable bonds is 9. The van der Waals surface area contributed by atoms with Crippen molar-refractivity contribution in [2.45, 2.75) is 34.1 Å². The summed E-state index contributed by atoms with van der Waals surface area (Å²) in [5.41, 5.74) is 7.45. The average molecular weight is 426 g/mol. The molecule has 3 N–H and O–H groups in total. The number of carbonyl (C=O) groups excluding carboxylic acids is 1. The number of aromatic nitrogens is 1. The molecule has 1 aromatic rings. The van der Waals surface area contributed by atoms with Crippen molar-refractivity contribution in [3.05, 3.63) is 102 Å². The van der Waals surface area contributed by atoms with Crippen LogP contribution in [-0.2, 0) is 4.79 Å². The fraction of sp³-hybridized carbons (Fsp3) is 0.269. The predicted molar refractivity (Wildman–Crippen MR) is 132 cm³/mol. The molecule has 0 bridgehead atoms. The number of nitrogens with two attached hydrogens (primary N) is 1. The summed E-state index contributed by atoms with van der Waals surface area (Å²) in [5.74, 6) is -0.249. The Morgan fingerprint density at radius 3 is 2.35 bits per heavy atom. The number of hydrogen-bond acceptors (Lipinski definition) is 3. The lowest BCUT2D eigenvalue weighted by atomic mass is 9.98. The molecule has 0 aromatic carbocycles. The van der Waals surface area contributed by atoms with Gasteiger partial charge in [0.1, 0.15) is 0 Å². The molecule has 0 aliphatic carbocycles. The maximum atomic E-state index is 13.0. The van der Waals surface area contributed by atoms with Crippen LogP contribution in [0, 0.1) is 11.3 Å². The van der Waals surface area contributed by atoms with E-state index in [-0.39, 0.29) is 12.3 Å². The molecule has 0 saturated carbocycles. The van der Waals surface area contributed by atoms with Gasteiger partial charge in [0.15, 0.2) is 0 Å². The fourth-order valence-corrected chi connectivity index (χ4v) is 2.04. The molecule has 0 radical (unpaired) electrons. The van der Waals surface area contributed by atoms with Crippen LogP contribution in [0.15, 0.2) is 96.9 Å². The Morgan fingerprint density at radius 2 is 1.90 bits per heavy atom. The van der Waals surface area contributed by atoms with Crippen molar-refractivity contribution in [1.82, 2.24) is 4.98 Å². The number of alkyl halides is 1. The van der Waals surface area contributed by atoms with Crippen LogP contribution in [-0.4, -0.2) is 23.8 Å². The van der Waals surface area contributed by atoms with Crippen molar-refractivity contribution in [3.63, 3.8) is 0 Å². The molecule has 0 aliphatic heterocycles. The maximum Gasteiger partial charge on any atom is 0.204 e. The quantitative estimate of drug-likeness (QED) is 0.276. The van der Waals surface area contributed by atoms with Gasteiger partial charge in [0, 0.05) is 29.6 Å². The number of allylic oxidation sites excluding steroid dienone is 11. The van der Waals surface area contributed by atoms with Crippen LogP contribution >= 0.6 is 0 Å². The van der Waals surface area contributed by atoms with E-state index >= 15 is 0 Å². The molecule has 4 nitrogen and oxygen atoms in total. The van der Waals surface area contributed by atoms with E-state index in [1.807, 2.05) is 74.6 Å². The fourth-order valence-electron chi connectivity index (χ4n) is 2.04. The van der Waals surface area contributed by atoms with Gasteiger partial charge in [-0.2, -0.15) is 0 Å². The van der Waals surface area contributed by atoms with E-state index in [4.69, 9.17) is 10.2 Å². The molecule has 0 spiro atoms. The van der Waals surface area contributed by atoms with E-state index in [0.717, 1.165) is 23.1 Å². The van der Waals surface area contributed by atoms with Gasteiger partial charge in [0.25, 0.3) is 0 Å². The van der Waals surface area contributed by atoms with Gasteiger partial charge in [-0.05, 0) is 38.8 Å². The molecule has 1 amide bonds. The summed E-state index contributed by atoms with van der Waals surface area (Å²) in [4.78, 5) is 12.4. The van der Waals surface area contributed by atoms with Crippen LogP contribution < -0.4 is 5.73 Å². The topological polar surface area (TPSA) is 79.8 Å². The van der Waals surface area contributed by atoms with E-state index in [1.165, 1.54) is 0 Å². The third kappa shape index (κ3) is 18.4. The van der Waals surface area contributed by atoms with Crippen LogP contribution in [0.5, 0.6) is 0 Å². The Morgan fingerprint density at radius 1 is 1.26 bits per heavy atom. The van der Waals surface area contributed by atoms with Crippen LogP contribution in [0.2, 0.25) is 0 Å². The Labute approximate surface area is 187 Å². The van der Waals surface area contributed by atoms with Gasteiger partial charge in [-0.15, -0.1) is 0 Å². The van der Waals surface area contributed by atoms with E-state index in [1.54, 1.807) is 19.3 Å². The van der Waals surface area contributed by atoms with Crippen LogP contribution in [0.4, 0.5) is 4.39 Å². The van der Waals surface area contributed by atoms with Crippen molar-refractivity contribution in [3.8, 4) is 0 Å². The number of hydrogen-bond donors (Lipinski definition) is 2. The number of pyridine rings is 1. The zero-order valence-corrected chi connectivity index (χ0v) is 19.1. The highest BCUT2D eigenvalue weighted by atomic mass is 19.1. The molecule has 1 atom stereocenters. The minimum atomic E-state index is -0.421. The van der Waals surface area contributed by atoms with Crippen molar-refractivity contribution < 1.29 is 9.18 Å². The minimum Gasteiger partial charge on any atom is -0.372 e.